The van der Waals surface area contributed by atoms with E-state index in [9.17, 15) is 4.79 Å². The van der Waals surface area contributed by atoms with Gasteiger partial charge in [-0.2, -0.15) is 0 Å². The molecule has 84 valence electrons. The summed E-state index contributed by atoms with van der Waals surface area (Å²) >= 11 is 7.34. The van der Waals surface area contributed by atoms with Crippen LogP contribution in [0.3, 0.4) is 0 Å². The highest BCUT2D eigenvalue weighted by atomic mass is 35.5. The molecule has 0 N–H and O–H groups in total. The summed E-state index contributed by atoms with van der Waals surface area (Å²) in [6.07, 6.45) is 0.828. The van der Waals surface area contributed by atoms with E-state index < -0.39 is 0 Å². The Hall–Kier alpha value is -0.540. The Morgan fingerprint density at radius 1 is 1.67 bits per heavy atom. The van der Waals surface area contributed by atoms with Crippen LogP contribution in [0.5, 0.6) is 0 Å². The van der Waals surface area contributed by atoms with Crippen molar-refractivity contribution in [3.8, 4) is 0 Å². The lowest BCUT2D eigenvalue weighted by Gasteiger charge is -2.17. The second-order valence-electron chi connectivity index (χ2n) is 3.73. The molecule has 0 fully saturated rings. The van der Waals surface area contributed by atoms with Crippen molar-refractivity contribution in [2.24, 2.45) is 0 Å². The molecule has 0 aromatic carbocycles. The summed E-state index contributed by atoms with van der Waals surface area (Å²) in [7, 11) is 1.82. The van der Waals surface area contributed by atoms with E-state index in [1.807, 2.05) is 32.3 Å². The van der Waals surface area contributed by atoms with Crippen molar-refractivity contribution in [2.75, 3.05) is 13.6 Å². The molecule has 0 aliphatic rings. The second-order valence-corrected chi connectivity index (χ2v) is 5.39. The van der Waals surface area contributed by atoms with Crippen LogP contribution in [0.2, 0.25) is 0 Å². The van der Waals surface area contributed by atoms with E-state index in [4.69, 9.17) is 11.6 Å². The molecule has 1 aromatic rings. The molecular formula is C11H16ClNOS. The van der Waals surface area contributed by atoms with Crippen molar-refractivity contribution in [3.63, 3.8) is 0 Å². The van der Waals surface area contributed by atoms with Crippen LogP contribution in [0.15, 0.2) is 11.4 Å². The second kappa shape index (κ2) is 5.52. The highest BCUT2D eigenvalue weighted by molar-refractivity contribution is 7.12. The zero-order chi connectivity index (χ0) is 11.4. The zero-order valence-corrected chi connectivity index (χ0v) is 10.9. The van der Waals surface area contributed by atoms with E-state index in [0.29, 0.717) is 6.54 Å². The number of hydrogen-bond acceptors (Lipinski definition) is 2. The van der Waals surface area contributed by atoms with Crippen LogP contribution in [0, 0.1) is 6.92 Å². The monoisotopic (exact) mass is 245 g/mol. The van der Waals surface area contributed by atoms with Gasteiger partial charge in [0, 0.05) is 19.0 Å². The van der Waals surface area contributed by atoms with Gasteiger partial charge in [0.15, 0.2) is 0 Å². The van der Waals surface area contributed by atoms with Gasteiger partial charge in [0.05, 0.1) is 4.88 Å². The fourth-order valence-corrected chi connectivity index (χ4v) is 2.25. The number of rotatable bonds is 4. The Bertz CT molecular complexity index is 335. The summed E-state index contributed by atoms with van der Waals surface area (Å²) in [5.74, 6) is 0.0971. The van der Waals surface area contributed by atoms with Gasteiger partial charge in [0.1, 0.15) is 0 Å². The maximum Gasteiger partial charge on any atom is 0.263 e. The van der Waals surface area contributed by atoms with Gasteiger partial charge in [-0.25, -0.2) is 0 Å². The van der Waals surface area contributed by atoms with Gasteiger partial charge in [0.25, 0.3) is 5.91 Å². The first-order valence-electron chi connectivity index (χ1n) is 4.96. The van der Waals surface area contributed by atoms with E-state index in [-0.39, 0.29) is 11.3 Å². The molecule has 0 bridgehead atoms. The van der Waals surface area contributed by atoms with Crippen LogP contribution in [0.1, 0.15) is 28.6 Å². The maximum atomic E-state index is 11.9. The smallest absolute Gasteiger partial charge is 0.263 e. The first kappa shape index (κ1) is 12.5. The number of thiophene rings is 1. The van der Waals surface area contributed by atoms with Gasteiger partial charge in [-0.15, -0.1) is 22.9 Å². The Labute approximate surface area is 99.9 Å². The lowest BCUT2D eigenvalue weighted by molar-refractivity contribution is 0.0798. The molecule has 0 aliphatic heterocycles. The Kier molecular flexibility index (Phi) is 4.61. The van der Waals surface area contributed by atoms with Crippen molar-refractivity contribution in [1.82, 2.24) is 4.90 Å². The number of nitrogens with zero attached hydrogens (tertiary/aromatic N) is 1. The molecule has 2 nitrogen and oxygen atoms in total. The molecule has 1 amide bonds. The average Bonchev–Trinajstić information content (AvgIpc) is 2.59. The summed E-state index contributed by atoms with van der Waals surface area (Å²) in [5, 5.41) is 2.06. The Morgan fingerprint density at radius 2 is 2.33 bits per heavy atom. The van der Waals surface area contributed by atoms with Crippen molar-refractivity contribution in [3.05, 3.63) is 21.9 Å². The normalized spacial score (nSPS) is 12.5. The number of alkyl halides is 1. The molecule has 1 heterocycles. The molecule has 15 heavy (non-hydrogen) atoms. The van der Waals surface area contributed by atoms with E-state index in [0.717, 1.165) is 16.9 Å². The molecule has 1 unspecified atom stereocenters. The number of halogens is 1. The van der Waals surface area contributed by atoms with Crippen LogP contribution in [0.4, 0.5) is 0 Å². The van der Waals surface area contributed by atoms with Crippen molar-refractivity contribution >= 4 is 28.8 Å². The lowest BCUT2D eigenvalue weighted by atomic mass is 10.2. The predicted octanol–water partition coefficient (Wildman–Crippen LogP) is 3.15. The molecule has 4 heteroatoms. The van der Waals surface area contributed by atoms with Gasteiger partial charge >= 0.3 is 0 Å². The van der Waals surface area contributed by atoms with Crippen molar-refractivity contribution < 1.29 is 4.79 Å². The van der Waals surface area contributed by atoms with Gasteiger partial charge in [-0.1, -0.05) is 0 Å². The third kappa shape index (κ3) is 3.50. The Morgan fingerprint density at radius 3 is 2.80 bits per heavy atom. The molecule has 1 rings (SSSR count). The molecule has 0 radical (unpaired) electrons. The van der Waals surface area contributed by atoms with Crippen LogP contribution in [0.25, 0.3) is 0 Å². The number of hydrogen-bond donors (Lipinski definition) is 0. The molecule has 1 atom stereocenters. The summed E-state index contributed by atoms with van der Waals surface area (Å²) in [6.45, 7) is 4.61. The summed E-state index contributed by atoms with van der Waals surface area (Å²) < 4.78 is 0. The number of carbonyl (C=O) groups is 1. The van der Waals surface area contributed by atoms with Crippen LogP contribution >= 0.6 is 22.9 Å². The average molecular weight is 246 g/mol. The van der Waals surface area contributed by atoms with Crippen molar-refractivity contribution in [2.45, 2.75) is 25.6 Å². The lowest BCUT2D eigenvalue weighted by Crippen LogP contribution is -2.28. The minimum absolute atomic E-state index is 0.0971. The predicted molar refractivity (Wildman–Crippen MR) is 65.9 cm³/mol. The van der Waals surface area contributed by atoms with Crippen molar-refractivity contribution in [1.29, 1.82) is 0 Å². The molecule has 0 saturated carbocycles. The number of aryl methyl sites for hydroxylation is 1. The molecule has 0 spiro atoms. The van der Waals surface area contributed by atoms with Gasteiger partial charge < -0.3 is 4.90 Å². The quantitative estimate of drug-likeness (QED) is 0.747. The molecule has 1 aromatic heterocycles. The number of carbonyl (C=O) groups excluding carboxylic acids is 1. The minimum Gasteiger partial charge on any atom is -0.341 e. The van der Waals surface area contributed by atoms with E-state index in [1.54, 1.807) is 4.90 Å². The first-order valence-corrected chi connectivity index (χ1v) is 6.27. The van der Waals surface area contributed by atoms with Gasteiger partial charge in [0.2, 0.25) is 0 Å². The summed E-state index contributed by atoms with van der Waals surface area (Å²) in [6, 6.07) is 1.97. The van der Waals surface area contributed by atoms with Gasteiger partial charge in [-0.05, 0) is 37.3 Å². The SMILES string of the molecule is Cc1ccsc1C(=O)N(C)CCC(C)Cl. The van der Waals surface area contributed by atoms with Crippen LogP contribution < -0.4 is 0 Å². The fraction of sp³-hybridized carbons (Fsp3) is 0.545. The third-order valence-corrected chi connectivity index (χ3v) is 3.49. The topological polar surface area (TPSA) is 20.3 Å². The molecular weight excluding hydrogens is 230 g/mol. The maximum absolute atomic E-state index is 11.9. The third-order valence-electron chi connectivity index (χ3n) is 2.27. The van der Waals surface area contributed by atoms with E-state index in [2.05, 4.69) is 0 Å². The molecule has 0 aliphatic carbocycles. The zero-order valence-electron chi connectivity index (χ0n) is 9.29. The first-order chi connectivity index (χ1) is 7.02. The van der Waals surface area contributed by atoms with Crippen LogP contribution in [-0.2, 0) is 0 Å². The highest BCUT2D eigenvalue weighted by Crippen LogP contribution is 2.17. The van der Waals surface area contributed by atoms with Crippen LogP contribution in [-0.4, -0.2) is 29.8 Å². The molecule has 0 saturated heterocycles. The summed E-state index contributed by atoms with van der Waals surface area (Å²) in [5.41, 5.74) is 1.05. The van der Waals surface area contributed by atoms with E-state index in [1.165, 1.54) is 11.3 Å². The minimum atomic E-state index is 0.0971. The van der Waals surface area contributed by atoms with E-state index >= 15 is 0 Å². The standard InChI is InChI=1S/C11H16ClNOS/c1-8-5-7-15-10(8)11(14)13(3)6-4-9(2)12/h5,7,9H,4,6H2,1-3H3. The highest BCUT2D eigenvalue weighted by Gasteiger charge is 2.15. The summed E-state index contributed by atoms with van der Waals surface area (Å²) in [4.78, 5) is 14.5. The fourth-order valence-electron chi connectivity index (χ4n) is 1.24. The van der Waals surface area contributed by atoms with Gasteiger partial charge in [-0.3, -0.25) is 4.79 Å². The number of amides is 1. The Balaban J connectivity index is 2.57. The largest absolute Gasteiger partial charge is 0.341 e.